The van der Waals surface area contributed by atoms with Crippen molar-refractivity contribution in [2.24, 2.45) is 0 Å². The maximum atomic E-state index is 12.1. The number of aryl methyl sites for hydroxylation is 2. The van der Waals surface area contributed by atoms with E-state index in [1.807, 2.05) is 18.5 Å². The number of carbonyl (C=O) groups is 1. The predicted molar refractivity (Wildman–Crippen MR) is 81.6 cm³/mol. The van der Waals surface area contributed by atoms with E-state index in [1.54, 1.807) is 13.1 Å². The minimum atomic E-state index is -0.459. The van der Waals surface area contributed by atoms with Gasteiger partial charge in [-0.05, 0) is 32.9 Å². The fourth-order valence-electron chi connectivity index (χ4n) is 2.26. The molecule has 2 aromatic rings. The quantitative estimate of drug-likeness (QED) is 0.678. The van der Waals surface area contributed by atoms with Crippen LogP contribution in [0.5, 0.6) is 0 Å². The first-order chi connectivity index (χ1) is 10.4. The minimum Gasteiger partial charge on any atom is -0.348 e. The molecule has 0 spiro atoms. The second-order valence-corrected chi connectivity index (χ2v) is 5.01. The van der Waals surface area contributed by atoms with Crippen LogP contribution >= 0.6 is 0 Å². The number of nitro groups is 1. The van der Waals surface area contributed by atoms with E-state index in [9.17, 15) is 14.9 Å². The van der Waals surface area contributed by atoms with Gasteiger partial charge in [0.15, 0.2) is 0 Å². The van der Waals surface area contributed by atoms with E-state index in [0.717, 1.165) is 17.8 Å². The molecule has 0 atom stereocenters. The van der Waals surface area contributed by atoms with Gasteiger partial charge in [-0.25, -0.2) is 0 Å². The molecule has 1 amide bonds. The van der Waals surface area contributed by atoms with Crippen LogP contribution in [0.3, 0.4) is 0 Å². The number of aromatic nitrogens is 2. The molecule has 0 aliphatic carbocycles. The Kier molecular flexibility index (Phi) is 4.55. The zero-order chi connectivity index (χ0) is 16.3. The molecule has 0 aliphatic heterocycles. The van der Waals surface area contributed by atoms with Crippen LogP contribution in [0, 0.1) is 24.0 Å². The molecule has 0 aliphatic rings. The molecule has 116 valence electrons. The van der Waals surface area contributed by atoms with Gasteiger partial charge in [0, 0.05) is 41.5 Å². The Bertz CT molecular complexity index is 722. The van der Waals surface area contributed by atoms with Gasteiger partial charge < -0.3 is 5.32 Å². The molecule has 2 rings (SSSR count). The molecule has 0 unspecified atom stereocenters. The van der Waals surface area contributed by atoms with Gasteiger partial charge in [-0.2, -0.15) is 5.10 Å². The average Bonchev–Trinajstić information content (AvgIpc) is 2.84. The van der Waals surface area contributed by atoms with Gasteiger partial charge in [0.05, 0.1) is 11.1 Å². The van der Waals surface area contributed by atoms with Gasteiger partial charge in [-0.15, -0.1) is 0 Å². The highest BCUT2D eigenvalue weighted by atomic mass is 16.6. The number of benzene rings is 1. The van der Waals surface area contributed by atoms with Crippen LogP contribution in [0.15, 0.2) is 24.4 Å². The molecular formula is C15H18N4O3. The Morgan fingerprint density at radius 3 is 2.68 bits per heavy atom. The number of hydrogen-bond donors (Lipinski definition) is 1. The molecule has 0 fully saturated rings. The number of rotatable bonds is 5. The van der Waals surface area contributed by atoms with Crippen molar-refractivity contribution in [3.05, 3.63) is 56.9 Å². The van der Waals surface area contributed by atoms with E-state index < -0.39 is 4.92 Å². The van der Waals surface area contributed by atoms with Crippen LogP contribution in [0.4, 0.5) is 5.69 Å². The number of carbonyl (C=O) groups excluding carboxylic acids is 1. The number of nitro benzene ring substituents is 1. The lowest BCUT2D eigenvalue weighted by molar-refractivity contribution is -0.385. The van der Waals surface area contributed by atoms with Crippen molar-refractivity contribution in [3.63, 3.8) is 0 Å². The monoisotopic (exact) mass is 302 g/mol. The average molecular weight is 302 g/mol. The third kappa shape index (κ3) is 3.13. The van der Waals surface area contributed by atoms with Crippen LogP contribution in [0.25, 0.3) is 0 Å². The molecule has 0 saturated heterocycles. The summed E-state index contributed by atoms with van der Waals surface area (Å²) in [6.45, 7) is 6.72. The molecule has 1 N–H and O–H groups in total. The Morgan fingerprint density at radius 2 is 2.14 bits per heavy atom. The van der Waals surface area contributed by atoms with E-state index in [2.05, 4.69) is 10.4 Å². The predicted octanol–water partition coefficient (Wildman–Crippen LogP) is 2.36. The zero-order valence-corrected chi connectivity index (χ0v) is 12.8. The van der Waals surface area contributed by atoms with Crippen molar-refractivity contribution in [3.8, 4) is 0 Å². The maximum Gasteiger partial charge on any atom is 0.272 e. The summed E-state index contributed by atoms with van der Waals surface area (Å²) in [6, 6.07) is 4.34. The summed E-state index contributed by atoms with van der Waals surface area (Å²) in [4.78, 5) is 22.4. The van der Waals surface area contributed by atoms with Crippen molar-refractivity contribution < 1.29 is 9.72 Å². The van der Waals surface area contributed by atoms with Gasteiger partial charge in [0.2, 0.25) is 0 Å². The standard InChI is InChI=1S/C15H18N4O3/c1-4-18-11(3)13(9-17-18)8-16-15(20)12-5-6-14(19(21)22)10(2)7-12/h5-7,9H,4,8H2,1-3H3,(H,16,20). The van der Waals surface area contributed by atoms with Gasteiger partial charge in [0.1, 0.15) is 0 Å². The Hall–Kier alpha value is -2.70. The number of amides is 1. The lowest BCUT2D eigenvalue weighted by atomic mass is 10.1. The zero-order valence-electron chi connectivity index (χ0n) is 12.8. The summed E-state index contributed by atoms with van der Waals surface area (Å²) in [5.74, 6) is -0.262. The summed E-state index contributed by atoms with van der Waals surface area (Å²) in [5, 5.41) is 17.8. The Balaban J connectivity index is 2.07. The molecule has 7 nitrogen and oxygen atoms in total. The summed E-state index contributed by atoms with van der Waals surface area (Å²) >= 11 is 0. The van der Waals surface area contributed by atoms with Crippen LogP contribution in [0.2, 0.25) is 0 Å². The number of nitrogens with zero attached hydrogens (tertiary/aromatic N) is 3. The van der Waals surface area contributed by atoms with E-state index in [-0.39, 0.29) is 11.6 Å². The van der Waals surface area contributed by atoms with E-state index in [4.69, 9.17) is 0 Å². The third-order valence-corrected chi connectivity index (χ3v) is 3.60. The van der Waals surface area contributed by atoms with Gasteiger partial charge in [-0.3, -0.25) is 19.6 Å². The lowest BCUT2D eigenvalue weighted by Gasteiger charge is -2.06. The molecule has 7 heteroatoms. The van der Waals surface area contributed by atoms with Crippen LogP contribution in [-0.2, 0) is 13.1 Å². The first-order valence-corrected chi connectivity index (χ1v) is 6.98. The third-order valence-electron chi connectivity index (χ3n) is 3.60. The second-order valence-electron chi connectivity index (χ2n) is 5.01. The van der Waals surface area contributed by atoms with E-state index in [0.29, 0.717) is 17.7 Å². The summed E-state index contributed by atoms with van der Waals surface area (Å²) < 4.78 is 1.86. The van der Waals surface area contributed by atoms with Crippen LogP contribution in [0.1, 0.15) is 34.1 Å². The molecule has 0 saturated carbocycles. The fourth-order valence-corrected chi connectivity index (χ4v) is 2.26. The van der Waals surface area contributed by atoms with Gasteiger partial charge in [0.25, 0.3) is 11.6 Å². The maximum absolute atomic E-state index is 12.1. The SMILES string of the molecule is CCn1ncc(CNC(=O)c2ccc([N+](=O)[O-])c(C)c2)c1C. The Morgan fingerprint density at radius 1 is 1.41 bits per heavy atom. The fraction of sp³-hybridized carbons (Fsp3) is 0.333. The highest BCUT2D eigenvalue weighted by molar-refractivity contribution is 5.94. The second kappa shape index (κ2) is 6.38. The van der Waals surface area contributed by atoms with E-state index in [1.165, 1.54) is 18.2 Å². The Labute approximate surface area is 128 Å². The van der Waals surface area contributed by atoms with Crippen molar-refractivity contribution in [2.45, 2.75) is 33.9 Å². The molecule has 22 heavy (non-hydrogen) atoms. The summed E-state index contributed by atoms with van der Waals surface area (Å²) in [5.41, 5.74) is 2.85. The topological polar surface area (TPSA) is 90.1 Å². The first-order valence-electron chi connectivity index (χ1n) is 6.98. The highest BCUT2D eigenvalue weighted by Crippen LogP contribution is 2.18. The van der Waals surface area contributed by atoms with E-state index >= 15 is 0 Å². The normalized spacial score (nSPS) is 10.5. The van der Waals surface area contributed by atoms with Crippen LogP contribution < -0.4 is 5.32 Å². The molecule has 0 bridgehead atoms. The van der Waals surface area contributed by atoms with Crippen molar-refractivity contribution in [1.82, 2.24) is 15.1 Å². The van der Waals surface area contributed by atoms with Crippen molar-refractivity contribution in [1.29, 1.82) is 0 Å². The molecule has 1 aromatic heterocycles. The minimum absolute atomic E-state index is 0.0108. The lowest BCUT2D eigenvalue weighted by Crippen LogP contribution is -2.23. The first kappa shape index (κ1) is 15.7. The van der Waals surface area contributed by atoms with Gasteiger partial charge in [-0.1, -0.05) is 0 Å². The molecule has 1 aromatic carbocycles. The largest absolute Gasteiger partial charge is 0.348 e. The summed E-state index contributed by atoms with van der Waals surface area (Å²) in [7, 11) is 0. The molecule has 1 heterocycles. The van der Waals surface area contributed by atoms with Gasteiger partial charge >= 0.3 is 0 Å². The van der Waals surface area contributed by atoms with Crippen LogP contribution in [-0.4, -0.2) is 20.6 Å². The highest BCUT2D eigenvalue weighted by Gasteiger charge is 2.14. The molecular weight excluding hydrogens is 284 g/mol. The number of hydrogen-bond acceptors (Lipinski definition) is 4. The summed E-state index contributed by atoms with van der Waals surface area (Å²) in [6.07, 6.45) is 1.74. The number of nitrogens with one attached hydrogen (secondary N) is 1. The molecule has 0 radical (unpaired) electrons. The van der Waals surface area contributed by atoms with Crippen molar-refractivity contribution in [2.75, 3.05) is 0 Å². The smallest absolute Gasteiger partial charge is 0.272 e. The van der Waals surface area contributed by atoms with Crippen molar-refractivity contribution >= 4 is 11.6 Å².